The van der Waals surface area contributed by atoms with E-state index in [-0.39, 0.29) is 26.0 Å². The van der Waals surface area contributed by atoms with Crippen LogP contribution in [0.15, 0.2) is 34.8 Å². The summed E-state index contributed by atoms with van der Waals surface area (Å²) in [7, 11) is 0. The van der Waals surface area contributed by atoms with Gasteiger partial charge in [-0.15, -0.1) is 0 Å². The minimum atomic E-state index is -0.467. The maximum atomic E-state index is 13.3. The third-order valence-corrected chi connectivity index (χ3v) is 5.81. The quantitative estimate of drug-likeness (QED) is 0.512. The molecule has 0 radical (unpaired) electrons. The van der Waals surface area contributed by atoms with Crippen LogP contribution in [0.5, 0.6) is 0 Å². The fraction of sp³-hybridized carbons (Fsp3) is 0. The molecule has 19 heavy (non-hydrogen) atoms. The molecule has 0 spiro atoms. The van der Waals surface area contributed by atoms with Crippen molar-refractivity contribution in [3.63, 3.8) is 0 Å². The molecule has 0 atom stereocenters. The Morgan fingerprint density at radius 1 is 1.16 bits per heavy atom. The van der Waals surface area contributed by atoms with Gasteiger partial charge in [-0.25, -0.2) is 0 Å². The summed E-state index contributed by atoms with van der Waals surface area (Å²) in [6.45, 7) is 0. The molecule has 2 nitrogen and oxygen atoms in total. The molecule has 1 aromatic heterocycles. The summed E-state index contributed by atoms with van der Waals surface area (Å²) < 4.78 is 28.8. The van der Waals surface area contributed by atoms with Crippen molar-refractivity contribution in [2.24, 2.45) is 0 Å². The van der Waals surface area contributed by atoms with Gasteiger partial charge in [0.05, 0.1) is 0 Å². The number of nitrogens with two attached hydrogens (primary N) is 1. The summed E-state index contributed by atoms with van der Waals surface area (Å²) in [6, 6.07) is 7.52. The van der Waals surface area contributed by atoms with Crippen molar-refractivity contribution in [1.82, 2.24) is 4.98 Å². The topological polar surface area (TPSA) is 38.9 Å². The molecule has 3 aromatic rings. The molecule has 0 aliphatic rings. The molecule has 2 N–H and O–H groups in total. The maximum absolute atomic E-state index is 13.3. The van der Waals surface area contributed by atoms with E-state index in [4.69, 9.17) is 5.73 Å². The Hall–Kier alpha value is -1.23. The SMILES string of the molecule is Nc1c(F)ccc(-c2nc3cc(F)ccc3[se]2)c1Br. The molecular formula is C13H7BrF2N2Se. The second kappa shape index (κ2) is 4.71. The second-order valence-electron chi connectivity index (χ2n) is 3.95. The average molecular weight is 388 g/mol. The van der Waals surface area contributed by atoms with Gasteiger partial charge in [0.2, 0.25) is 0 Å². The Morgan fingerprint density at radius 3 is 2.74 bits per heavy atom. The molecule has 6 heteroatoms. The van der Waals surface area contributed by atoms with E-state index in [0.717, 1.165) is 14.4 Å². The average Bonchev–Trinajstić information content (AvgIpc) is 2.78. The number of benzene rings is 2. The van der Waals surface area contributed by atoms with Gasteiger partial charge in [0.15, 0.2) is 0 Å². The fourth-order valence-electron chi connectivity index (χ4n) is 1.75. The summed E-state index contributed by atoms with van der Waals surface area (Å²) in [5.41, 5.74) is 7.12. The Morgan fingerprint density at radius 2 is 1.95 bits per heavy atom. The Kier molecular flexibility index (Phi) is 3.17. The van der Waals surface area contributed by atoms with Gasteiger partial charge < -0.3 is 0 Å². The summed E-state index contributed by atoms with van der Waals surface area (Å²) in [4.78, 5) is 4.41. The van der Waals surface area contributed by atoms with E-state index in [0.29, 0.717) is 9.99 Å². The summed E-state index contributed by atoms with van der Waals surface area (Å²) in [5.74, 6) is -0.775. The van der Waals surface area contributed by atoms with E-state index < -0.39 is 5.82 Å². The van der Waals surface area contributed by atoms with Crippen LogP contribution in [0.2, 0.25) is 0 Å². The van der Waals surface area contributed by atoms with Crippen LogP contribution < -0.4 is 5.73 Å². The Balaban J connectivity index is 2.22. The van der Waals surface area contributed by atoms with E-state index in [9.17, 15) is 8.78 Å². The molecule has 0 aliphatic heterocycles. The predicted octanol–water partition coefficient (Wildman–Crippen LogP) is 3.58. The minimum absolute atomic E-state index is 0.0319. The number of nitrogens with zero attached hydrogens (tertiary/aromatic N) is 1. The van der Waals surface area contributed by atoms with Crippen molar-refractivity contribution in [3.8, 4) is 10.1 Å². The van der Waals surface area contributed by atoms with Gasteiger partial charge >= 0.3 is 122 Å². The van der Waals surface area contributed by atoms with Gasteiger partial charge in [0.1, 0.15) is 0 Å². The zero-order chi connectivity index (χ0) is 13.6. The van der Waals surface area contributed by atoms with Crippen LogP contribution in [0.1, 0.15) is 0 Å². The predicted molar refractivity (Wildman–Crippen MR) is 76.1 cm³/mol. The van der Waals surface area contributed by atoms with Crippen molar-refractivity contribution < 1.29 is 8.78 Å². The summed E-state index contributed by atoms with van der Waals surface area (Å²) in [6.07, 6.45) is 0. The summed E-state index contributed by atoms with van der Waals surface area (Å²) >= 11 is 3.26. The van der Waals surface area contributed by atoms with Gasteiger partial charge in [-0.3, -0.25) is 0 Å². The third-order valence-electron chi connectivity index (χ3n) is 2.71. The summed E-state index contributed by atoms with van der Waals surface area (Å²) in [5, 5.41) is 0. The molecule has 3 rings (SSSR count). The first kappa shape index (κ1) is 12.8. The number of hydrogen-bond donors (Lipinski definition) is 1. The van der Waals surface area contributed by atoms with E-state index >= 15 is 0 Å². The number of fused-ring (bicyclic) bond motifs is 1. The van der Waals surface area contributed by atoms with Crippen molar-refractivity contribution in [3.05, 3.63) is 46.4 Å². The van der Waals surface area contributed by atoms with Gasteiger partial charge in [0.25, 0.3) is 0 Å². The Bertz CT molecular complexity index is 786. The van der Waals surface area contributed by atoms with Crippen LogP contribution in [0, 0.1) is 11.6 Å². The molecule has 1 heterocycles. The van der Waals surface area contributed by atoms with E-state index in [1.807, 2.05) is 0 Å². The van der Waals surface area contributed by atoms with Crippen LogP contribution in [0.25, 0.3) is 19.9 Å². The fourth-order valence-corrected chi connectivity index (χ4v) is 4.61. The zero-order valence-electron chi connectivity index (χ0n) is 9.45. The van der Waals surface area contributed by atoms with Crippen molar-refractivity contribution in [2.45, 2.75) is 0 Å². The standard InChI is InChI=1S/C13H7BrF2N2Se/c14-11-7(2-3-8(16)12(11)17)13-18-9-5-6(15)1-4-10(9)19-13/h1-5H,17H2. The van der Waals surface area contributed by atoms with Crippen LogP contribution in [0.4, 0.5) is 14.5 Å². The van der Waals surface area contributed by atoms with Crippen molar-refractivity contribution >= 4 is 45.9 Å². The number of hydrogen-bond acceptors (Lipinski definition) is 2. The normalized spacial score (nSPS) is 11.1. The molecule has 0 fully saturated rings. The van der Waals surface area contributed by atoms with Crippen LogP contribution >= 0.6 is 15.9 Å². The first-order valence-electron chi connectivity index (χ1n) is 5.36. The third kappa shape index (κ3) is 2.20. The molecule has 0 bridgehead atoms. The molecule has 2 aromatic carbocycles. The number of nitrogen functional groups attached to an aromatic ring is 1. The molecule has 0 saturated carbocycles. The zero-order valence-corrected chi connectivity index (χ0v) is 12.8. The molecular weight excluding hydrogens is 381 g/mol. The van der Waals surface area contributed by atoms with Crippen LogP contribution in [-0.2, 0) is 0 Å². The monoisotopic (exact) mass is 388 g/mol. The van der Waals surface area contributed by atoms with E-state index in [2.05, 4.69) is 20.9 Å². The van der Waals surface area contributed by atoms with E-state index in [1.54, 1.807) is 12.1 Å². The molecule has 0 aliphatic carbocycles. The second-order valence-corrected chi connectivity index (χ2v) is 6.91. The first-order valence-corrected chi connectivity index (χ1v) is 7.87. The molecule has 0 unspecified atom stereocenters. The first-order chi connectivity index (χ1) is 9.06. The van der Waals surface area contributed by atoms with Crippen molar-refractivity contribution in [1.29, 1.82) is 0 Å². The van der Waals surface area contributed by atoms with Crippen LogP contribution in [0.3, 0.4) is 0 Å². The van der Waals surface area contributed by atoms with Crippen molar-refractivity contribution in [2.75, 3.05) is 5.73 Å². The van der Waals surface area contributed by atoms with Gasteiger partial charge in [-0.1, -0.05) is 0 Å². The Labute approximate surface area is 122 Å². The number of aromatic nitrogens is 1. The number of rotatable bonds is 1. The van der Waals surface area contributed by atoms with Gasteiger partial charge in [-0.05, 0) is 0 Å². The molecule has 96 valence electrons. The van der Waals surface area contributed by atoms with Gasteiger partial charge in [-0.2, -0.15) is 0 Å². The molecule has 0 saturated heterocycles. The molecule has 0 amide bonds. The van der Waals surface area contributed by atoms with Crippen LogP contribution in [-0.4, -0.2) is 19.5 Å². The number of halogens is 3. The number of anilines is 1. The van der Waals surface area contributed by atoms with Gasteiger partial charge in [0, 0.05) is 0 Å². The van der Waals surface area contributed by atoms with E-state index in [1.165, 1.54) is 18.2 Å².